The van der Waals surface area contributed by atoms with Crippen molar-refractivity contribution < 1.29 is 4.79 Å². The number of Topliss-reactive ketones (excluding diaryl/α,β-unsaturated/α-hetero) is 1. The Morgan fingerprint density at radius 3 is 2.19 bits per heavy atom. The van der Waals surface area contributed by atoms with Crippen LogP contribution in [0.3, 0.4) is 0 Å². The highest BCUT2D eigenvalue weighted by molar-refractivity contribution is 5.79. The van der Waals surface area contributed by atoms with E-state index in [4.69, 9.17) is 0 Å². The molecule has 0 bridgehead atoms. The van der Waals surface area contributed by atoms with Crippen molar-refractivity contribution in [2.45, 2.75) is 45.6 Å². The summed E-state index contributed by atoms with van der Waals surface area (Å²) in [5.74, 6) is 0.415. The first-order valence-corrected chi connectivity index (χ1v) is 6.00. The van der Waals surface area contributed by atoms with Gasteiger partial charge in [0.25, 0.3) is 0 Å². The van der Waals surface area contributed by atoms with Crippen LogP contribution in [0.1, 0.15) is 36.8 Å². The van der Waals surface area contributed by atoms with Crippen LogP contribution in [0.25, 0.3) is 0 Å². The van der Waals surface area contributed by atoms with Crippen molar-refractivity contribution in [3.8, 4) is 0 Å². The van der Waals surface area contributed by atoms with Crippen molar-refractivity contribution in [1.29, 1.82) is 0 Å². The molecule has 1 aromatic carbocycles. The molecule has 1 N–H and O–H groups in total. The summed E-state index contributed by atoms with van der Waals surface area (Å²) in [6.45, 7) is 4.23. The third kappa shape index (κ3) is 2.84. The van der Waals surface area contributed by atoms with E-state index in [9.17, 15) is 4.79 Å². The summed E-state index contributed by atoms with van der Waals surface area (Å²) in [6, 6.07) is 6.99. The van der Waals surface area contributed by atoms with E-state index in [-0.39, 0.29) is 0 Å². The van der Waals surface area contributed by atoms with Crippen molar-refractivity contribution >= 4 is 11.5 Å². The Labute approximate surface area is 97.1 Å². The molecule has 86 valence electrons. The highest BCUT2D eigenvalue weighted by Gasteiger charge is 2.18. The molecule has 1 aromatic rings. The number of aryl methyl sites for hydroxylation is 2. The van der Waals surface area contributed by atoms with Crippen molar-refractivity contribution in [3.63, 3.8) is 0 Å². The third-order valence-corrected chi connectivity index (χ3v) is 3.14. The number of carbonyl (C=O) groups excluding carboxylic acids is 1. The molecule has 2 heteroatoms. The molecular formula is C14H19NO. The second-order valence-electron chi connectivity index (χ2n) is 4.83. The number of hydrogen-bond donors (Lipinski definition) is 1. The quantitative estimate of drug-likeness (QED) is 0.824. The number of carbonyl (C=O) groups is 1. The molecule has 2 nitrogen and oxygen atoms in total. The maximum atomic E-state index is 11.1. The van der Waals surface area contributed by atoms with Gasteiger partial charge in [-0.25, -0.2) is 0 Å². The second-order valence-corrected chi connectivity index (χ2v) is 4.83. The SMILES string of the molecule is Cc1cc(C)cc(NC2CCC(=O)CC2)c1. The van der Waals surface area contributed by atoms with E-state index in [1.165, 1.54) is 16.8 Å². The van der Waals surface area contributed by atoms with E-state index >= 15 is 0 Å². The van der Waals surface area contributed by atoms with Gasteiger partial charge in [0.15, 0.2) is 0 Å². The van der Waals surface area contributed by atoms with Gasteiger partial charge in [-0.1, -0.05) is 6.07 Å². The number of hydrogen-bond acceptors (Lipinski definition) is 2. The van der Waals surface area contributed by atoms with E-state index in [1.54, 1.807) is 0 Å². The fourth-order valence-electron chi connectivity index (χ4n) is 2.38. The average molecular weight is 217 g/mol. The van der Waals surface area contributed by atoms with Gasteiger partial charge in [-0.2, -0.15) is 0 Å². The van der Waals surface area contributed by atoms with Crippen LogP contribution < -0.4 is 5.32 Å². The summed E-state index contributed by atoms with van der Waals surface area (Å²) in [5.41, 5.74) is 3.76. The second kappa shape index (κ2) is 4.69. The molecule has 1 saturated carbocycles. The molecule has 0 aliphatic heterocycles. The Bertz CT molecular complexity index is 367. The lowest BCUT2D eigenvalue weighted by Crippen LogP contribution is -2.26. The van der Waals surface area contributed by atoms with Crippen molar-refractivity contribution in [2.75, 3.05) is 5.32 Å². The molecule has 16 heavy (non-hydrogen) atoms. The molecule has 0 radical (unpaired) electrons. The Kier molecular flexibility index (Phi) is 3.28. The van der Waals surface area contributed by atoms with Gasteiger partial charge < -0.3 is 5.32 Å². The molecule has 0 aromatic heterocycles. The minimum Gasteiger partial charge on any atom is -0.382 e. The maximum Gasteiger partial charge on any atom is 0.133 e. The van der Waals surface area contributed by atoms with Gasteiger partial charge >= 0.3 is 0 Å². The fourth-order valence-corrected chi connectivity index (χ4v) is 2.38. The van der Waals surface area contributed by atoms with E-state index in [0.29, 0.717) is 11.8 Å². The lowest BCUT2D eigenvalue weighted by molar-refractivity contribution is -0.120. The number of ketones is 1. The predicted molar refractivity (Wildman–Crippen MR) is 66.8 cm³/mol. The molecule has 2 rings (SSSR count). The highest BCUT2D eigenvalue weighted by atomic mass is 16.1. The Hall–Kier alpha value is -1.31. The van der Waals surface area contributed by atoms with Crippen LogP contribution in [0.5, 0.6) is 0 Å². The summed E-state index contributed by atoms with van der Waals surface area (Å²) in [5, 5.41) is 3.53. The number of rotatable bonds is 2. The summed E-state index contributed by atoms with van der Waals surface area (Å²) < 4.78 is 0. The van der Waals surface area contributed by atoms with Crippen LogP contribution in [0.15, 0.2) is 18.2 Å². The summed E-state index contributed by atoms with van der Waals surface area (Å²) in [4.78, 5) is 11.1. The Morgan fingerprint density at radius 1 is 1.06 bits per heavy atom. The molecule has 1 aliphatic carbocycles. The lowest BCUT2D eigenvalue weighted by Gasteiger charge is -2.23. The first-order chi connectivity index (χ1) is 7.63. The van der Waals surface area contributed by atoms with Crippen LogP contribution in [-0.2, 0) is 4.79 Å². The topological polar surface area (TPSA) is 29.1 Å². The van der Waals surface area contributed by atoms with Crippen LogP contribution in [0.4, 0.5) is 5.69 Å². The third-order valence-electron chi connectivity index (χ3n) is 3.14. The van der Waals surface area contributed by atoms with Crippen LogP contribution in [-0.4, -0.2) is 11.8 Å². The normalized spacial score (nSPS) is 17.5. The summed E-state index contributed by atoms with van der Waals surface area (Å²) in [7, 11) is 0. The zero-order valence-corrected chi connectivity index (χ0v) is 10.0. The largest absolute Gasteiger partial charge is 0.382 e. The van der Waals surface area contributed by atoms with E-state index < -0.39 is 0 Å². The molecule has 1 aliphatic rings. The molecule has 0 amide bonds. The van der Waals surface area contributed by atoms with Crippen molar-refractivity contribution in [1.82, 2.24) is 0 Å². The maximum absolute atomic E-state index is 11.1. The number of benzene rings is 1. The standard InChI is InChI=1S/C14H19NO/c1-10-7-11(2)9-13(8-10)15-12-3-5-14(16)6-4-12/h7-9,12,15H,3-6H2,1-2H3. The fraction of sp³-hybridized carbons (Fsp3) is 0.500. The smallest absolute Gasteiger partial charge is 0.133 e. The van der Waals surface area contributed by atoms with Gasteiger partial charge in [-0.15, -0.1) is 0 Å². The van der Waals surface area contributed by atoms with Gasteiger partial charge in [-0.05, 0) is 49.9 Å². The molecule has 0 atom stereocenters. The highest BCUT2D eigenvalue weighted by Crippen LogP contribution is 2.21. The Morgan fingerprint density at radius 2 is 1.62 bits per heavy atom. The minimum atomic E-state index is 0.415. The molecule has 1 fully saturated rings. The lowest BCUT2D eigenvalue weighted by atomic mass is 9.94. The van der Waals surface area contributed by atoms with Gasteiger partial charge in [0.1, 0.15) is 5.78 Å². The van der Waals surface area contributed by atoms with Gasteiger partial charge in [0.05, 0.1) is 0 Å². The van der Waals surface area contributed by atoms with Gasteiger partial charge in [0, 0.05) is 24.6 Å². The molecule has 0 heterocycles. The van der Waals surface area contributed by atoms with Crippen LogP contribution in [0, 0.1) is 13.8 Å². The minimum absolute atomic E-state index is 0.415. The first kappa shape index (κ1) is 11.2. The van der Waals surface area contributed by atoms with E-state index in [1.807, 2.05) is 0 Å². The Balaban J connectivity index is 2.00. The predicted octanol–water partition coefficient (Wildman–Crippen LogP) is 3.23. The van der Waals surface area contributed by atoms with Crippen LogP contribution >= 0.6 is 0 Å². The zero-order chi connectivity index (χ0) is 11.5. The molecular weight excluding hydrogens is 198 g/mol. The molecule has 0 spiro atoms. The van der Waals surface area contributed by atoms with Crippen LogP contribution in [0.2, 0.25) is 0 Å². The van der Waals surface area contributed by atoms with Gasteiger partial charge in [0.2, 0.25) is 0 Å². The van der Waals surface area contributed by atoms with E-state index in [0.717, 1.165) is 25.7 Å². The molecule has 0 saturated heterocycles. The first-order valence-electron chi connectivity index (χ1n) is 6.00. The van der Waals surface area contributed by atoms with E-state index in [2.05, 4.69) is 37.4 Å². The van der Waals surface area contributed by atoms with Gasteiger partial charge in [-0.3, -0.25) is 4.79 Å². The number of nitrogens with one attached hydrogen (secondary N) is 1. The monoisotopic (exact) mass is 217 g/mol. The number of anilines is 1. The van der Waals surface area contributed by atoms with Crippen molar-refractivity contribution in [3.05, 3.63) is 29.3 Å². The summed E-state index contributed by atoms with van der Waals surface area (Å²) in [6.07, 6.45) is 3.43. The van der Waals surface area contributed by atoms with Crippen molar-refractivity contribution in [2.24, 2.45) is 0 Å². The zero-order valence-electron chi connectivity index (χ0n) is 10.0. The molecule has 0 unspecified atom stereocenters. The average Bonchev–Trinajstić information content (AvgIpc) is 2.20. The summed E-state index contributed by atoms with van der Waals surface area (Å²) >= 11 is 0.